The van der Waals surface area contributed by atoms with Crippen LogP contribution < -0.4 is 10.1 Å². The molecule has 0 bridgehead atoms. The van der Waals surface area contributed by atoms with Crippen LogP contribution in [0.25, 0.3) is 0 Å². The van der Waals surface area contributed by atoms with E-state index in [9.17, 15) is 0 Å². The average molecular weight is 278 g/mol. The smallest absolute Gasteiger partial charge is 0.122 e. The lowest BCUT2D eigenvalue weighted by atomic mass is 10.0. The molecule has 0 aliphatic heterocycles. The second-order valence-corrected chi connectivity index (χ2v) is 5.40. The molecule has 114 valence electrons. The molecular weight excluding hydrogens is 248 g/mol. The molecular formula is C17H30N2O. The number of rotatable bonds is 9. The van der Waals surface area contributed by atoms with Crippen LogP contribution >= 0.6 is 0 Å². The van der Waals surface area contributed by atoms with E-state index < -0.39 is 0 Å². The van der Waals surface area contributed by atoms with Gasteiger partial charge in [-0.1, -0.05) is 32.0 Å². The van der Waals surface area contributed by atoms with Crippen molar-refractivity contribution in [1.82, 2.24) is 10.2 Å². The van der Waals surface area contributed by atoms with Gasteiger partial charge >= 0.3 is 0 Å². The molecule has 3 heteroatoms. The monoisotopic (exact) mass is 278 g/mol. The van der Waals surface area contributed by atoms with Gasteiger partial charge in [-0.3, -0.25) is 4.90 Å². The quantitative estimate of drug-likeness (QED) is 0.751. The van der Waals surface area contributed by atoms with Crippen LogP contribution in [-0.2, 0) is 6.42 Å². The highest BCUT2D eigenvalue weighted by Crippen LogP contribution is 2.21. The Morgan fingerprint density at radius 1 is 1.25 bits per heavy atom. The average Bonchev–Trinajstić information content (AvgIpc) is 2.48. The minimum absolute atomic E-state index is 0.495. The maximum Gasteiger partial charge on any atom is 0.122 e. The molecule has 0 heterocycles. The van der Waals surface area contributed by atoms with Crippen molar-refractivity contribution in [3.63, 3.8) is 0 Å². The largest absolute Gasteiger partial charge is 0.496 e. The van der Waals surface area contributed by atoms with Gasteiger partial charge in [0.15, 0.2) is 0 Å². The zero-order valence-electron chi connectivity index (χ0n) is 13.6. The number of likely N-dealkylation sites (N-methyl/N-ethyl adjacent to an activating group) is 2. The predicted molar refractivity (Wildman–Crippen MR) is 86.5 cm³/mol. The predicted octanol–water partition coefficient (Wildman–Crippen LogP) is 2.95. The minimum Gasteiger partial charge on any atom is -0.496 e. The van der Waals surface area contributed by atoms with Gasteiger partial charge in [-0.15, -0.1) is 0 Å². The molecule has 1 aromatic carbocycles. The first-order valence-corrected chi connectivity index (χ1v) is 7.68. The molecule has 3 nitrogen and oxygen atoms in total. The van der Waals surface area contributed by atoms with Crippen molar-refractivity contribution in [1.29, 1.82) is 0 Å². The molecule has 0 saturated carbocycles. The highest BCUT2D eigenvalue weighted by molar-refractivity contribution is 5.33. The SMILES string of the molecule is CCNCC(CC)N(C)C(C)Cc1ccccc1OC. The molecule has 1 aromatic rings. The Kier molecular flexibility index (Phi) is 7.63. The Labute approximate surface area is 124 Å². The van der Waals surface area contributed by atoms with Crippen LogP contribution in [0.1, 0.15) is 32.8 Å². The lowest BCUT2D eigenvalue weighted by Crippen LogP contribution is -2.45. The molecule has 0 aliphatic rings. The molecule has 2 unspecified atom stereocenters. The summed E-state index contributed by atoms with van der Waals surface area (Å²) in [4.78, 5) is 2.48. The molecule has 0 radical (unpaired) electrons. The summed E-state index contributed by atoms with van der Waals surface area (Å²) in [6.07, 6.45) is 2.18. The maximum atomic E-state index is 5.45. The van der Waals surface area contributed by atoms with E-state index in [4.69, 9.17) is 4.74 Å². The highest BCUT2D eigenvalue weighted by atomic mass is 16.5. The topological polar surface area (TPSA) is 24.5 Å². The first kappa shape index (κ1) is 17.0. The maximum absolute atomic E-state index is 5.45. The fraction of sp³-hybridized carbons (Fsp3) is 0.647. The fourth-order valence-electron chi connectivity index (χ4n) is 2.58. The third kappa shape index (κ3) is 4.80. The van der Waals surface area contributed by atoms with E-state index >= 15 is 0 Å². The van der Waals surface area contributed by atoms with Gasteiger partial charge in [0.1, 0.15) is 5.75 Å². The van der Waals surface area contributed by atoms with Crippen molar-refractivity contribution in [2.45, 2.75) is 45.7 Å². The number of nitrogens with one attached hydrogen (secondary N) is 1. The number of ether oxygens (including phenoxy) is 1. The summed E-state index contributed by atoms with van der Waals surface area (Å²) in [7, 11) is 3.97. The number of para-hydroxylation sites is 1. The van der Waals surface area contributed by atoms with E-state index in [1.54, 1.807) is 7.11 Å². The summed E-state index contributed by atoms with van der Waals surface area (Å²) in [5.74, 6) is 0.993. The number of methoxy groups -OCH3 is 1. The first-order valence-electron chi connectivity index (χ1n) is 7.68. The van der Waals surface area contributed by atoms with Crippen molar-refractivity contribution < 1.29 is 4.74 Å². The Morgan fingerprint density at radius 2 is 1.95 bits per heavy atom. The van der Waals surface area contributed by atoms with Crippen molar-refractivity contribution in [2.24, 2.45) is 0 Å². The zero-order valence-corrected chi connectivity index (χ0v) is 13.6. The third-order valence-corrected chi connectivity index (χ3v) is 4.08. The van der Waals surface area contributed by atoms with Crippen molar-refractivity contribution >= 4 is 0 Å². The molecule has 2 atom stereocenters. The standard InChI is InChI=1S/C17H30N2O/c1-6-16(13-18-7-2)19(4)14(3)12-15-10-8-9-11-17(15)20-5/h8-11,14,16,18H,6-7,12-13H2,1-5H3. The summed E-state index contributed by atoms with van der Waals surface area (Å²) in [6.45, 7) is 8.80. The lowest BCUT2D eigenvalue weighted by molar-refractivity contribution is 0.174. The van der Waals surface area contributed by atoms with E-state index in [2.05, 4.69) is 50.2 Å². The Balaban J connectivity index is 2.66. The normalized spacial score (nSPS) is 14.3. The third-order valence-electron chi connectivity index (χ3n) is 4.08. The van der Waals surface area contributed by atoms with Gasteiger partial charge < -0.3 is 10.1 Å². The van der Waals surface area contributed by atoms with Crippen LogP contribution in [0.15, 0.2) is 24.3 Å². The van der Waals surface area contributed by atoms with Crippen molar-refractivity contribution in [3.05, 3.63) is 29.8 Å². The summed E-state index contributed by atoms with van der Waals surface area (Å²) < 4.78 is 5.45. The summed E-state index contributed by atoms with van der Waals surface area (Å²) in [5, 5.41) is 3.46. The Hall–Kier alpha value is -1.06. The van der Waals surface area contributed by atoms with Gasteiger partial charge in [0.05, 0.1) is 7.11 Å². The van der Waals surface area contributed by atoms with Crippen LogP contribution in [0.5, 0.6) is 5.75 Å². The highest BCUT2D eigenvalue weighted by Gasteiger charge is 2.19. The van der Waals surface area contributed by atoms with Gasteiger partial charge in [0.25, 0.3) is 0 Å². The number of hydrogen-bond acceptors (Lipinski definition) is 3. The van der Waals surface area contributed by atoms with Gasteiger partial charge in [0, 0.05) is 18.6 Å². The lowest BCUT2D eigenvalue weighted by Gasteiger charge is -2.33. The van der Waals surface area contributed by atoms with Crippen LogP contribution in [0.4, 0.5) is 0 Å². The van der Waals surface area contributed by atoms with Crippen LogP contribution in [0.2, 0.25) is 0 Å². The van der Waals surface area contributed by atoms with Gasteiger partial charge in [-0.2, -0.15) is 0 Å². The van der Waals surface area contributed by atoms with E-state index in [0.29, 0.717) is 12.1 Å². The molecule has 1 N–H and O–H groups in total. The zero-order chi connectivity index (χ0) is 15.0. The fourth-order valence-corrected chi connectivity index (χ4v) is 2.58. The molecule has 0 fully saturated rings. The molecule has 0 amide bonds. The van der Waals surface area contributed by atoms with Crippen LogP contribution in [0, 0.1) is 0 Å². The Morgan fingerprint density at radius 3 is 2.55 bits per heavy atom. The molecule has 0 aliphatic carbocycles. The number of benzene rings is 1. The summed E-state index contributed by atoms with van der Waals surface area (Å²) in [5.41, 5.74) is 1.28. The van der Waals surface area contributed by atoms with Gasteiger partial charge in [-0.05, 0) is 45.0 Å². The van der Waals surface area contributed by atoms with Crippen molar-refractivity contribution in [3.8, 4) is 5.75 Å². The molecule has 0 saturated heterocycles. The first-order chi connectivity index (χ1) is 9.63. The van der Waals surface area contributed by atoms with Gasteiger partial charge in [-0.25, -0.2) is 0 Å². The number of hydrogen-bond donors (Lipinski definition) is 1. The Bertz CT molecular complexity index is 381. The van der Waals surface area contributed by atoms with E-state index in [0.717, 1.165) is 25.3 Å². The van der Waals surface area contributed by atoms with E-state index in [1.165, 1.54) is 12.0 Å². The number of nitrogens with zero attached hydrogens (tertiary/aromatic N) is 1. The van der Waals surface area contributed by atoms with Crippen molar-refractivity contribution in [2.75, 3.05) is 27.2 Å². The molecule has 0 aromatic heterocycles. The second-order valence-electron chi connectivity index (χ2n) is 5.40. The second kappa shape index (κ2) is 8.98. The summed E-state index contributed by atoms with van der Waals surface area (Å²) >= 11 is 0. The summed E-state index contributed by atoms with van der Waals surface area (Å²) in [6, 6.07) is 9.39. The molecule has 20 heavy (non-hydrogen) atoms. The van der Waals surface area contributed by atoms with E-state index in [-0.39, 0.29) is 0 Å². The van der Waals surface area contributed by atoms with Gasteiger partial charge in [0.2, 0.25) is 0 Å². The van der Waals surface area contributed by atoms with Crippen LogP contribution in [0.3, 0.4) is 0 Å². The van der Waals surface area contributed by atoms with E-state index in [1.807, 2.05) is 12.1 Å². The minimum atomic E-state index is 0.495. The molecule has 0 spiro atoms. The van der Waals surface area contributed by atoms with Crippen LogP contribution in [-0.4, -0.2) is 44.2 Å². The molecule has 1 rings (SSSR count).